The number of carbonyl (C=O) groups excluding carboxylic acids is 2. The van der Waals surface area contributed by atoms with E-state index in [1.54, 1.807) is 29.3 Å². The minimum Gasteiger partial charge on any atom is -0.394 e. The molecule has 31 heavy (non-hydrogen) atoms. The lowest BCUT2D eigenvalue weighted by Crippen LogP contribution is -2.37. The minimum atomic E-state index is -0.484. The fourth-order valence-electron chi connectivity index (χ4n) is 3.87. The van der Waals surface area contributed by atoms with Crippen LogP contribution in [0.2, 0.25) is 0 Å². The van der Waals surface area contributed by atoms with Crippen LogP contribution in [0.25, 0.3) is 10.9 Å². The van der Waals surface area contributed by atoms with Gasteiger partial charge in [-0.15, -0.1) is 0 Å². The molecule has 0 aliphatic carbocycles. The number of halogens is 1. The monoisotopic (exact) mass is 426 g/mol. The van der Waals surface area contributed by atoms with E-state index in [1.165, 1.54) is 25.4 Å². The first-order valence-corrected chi connectivity index (χ1v) is 10.0. The van der Waals surface area contributed by atoms with Gasteiger partial charge in [-0.1, -0.05) is 12.1 Å². The molecular weight excluding hydrogens is 403 g/mol. The molecule has 1 saturated heterocycles. The molecule has 162 valence electrons. The van der Waals surface area contributed by atoms with Crippen molar-refractivity contribution < 1.29 is 23.9 Å². The van der Waals surface area contributed by atoms with Gasteiger partial charge in [-0.25, -0.2) is 14.4 Å². The summed E-state index contributed by atoms with van der Waals surface area (Å²) in [5.74, 6) is -1.04. The maximum atomic E-state index is 13.1. The van der Waals surface area contributed by atoms with Crippen molar-refractivity contribution >= 4 is 22.7 Å². The number of nitrogens with zero attached hydrogens (tertiary/aromatic N) is 3. The van der Waals surface area contributed by atoms with Crippen LogP contribution in [0.15, 0.2) is 42.7 Å². The Bertz CT molecular complexity index is 1100. The molecule has 4 rings (SSSR count). The second-order valence-electron chi connectivity index (χ2n) is 7.45. The standard InChI is InChI=1S/C22H23FN4O4/c1-31-27(12-14-4-6-15(23)7-5-14)22(30)19-9-17-18(10-24-20(17)11-25-19)21(29)26-8-2-3-16(26)13-28/h4-7,9-11,16,24,28H,2-3,8,12-13H2,1H3/t16-/m0/s1. The van der Waals surface area contributed by atoms with E-state index in [9.17, 15) is 19.1 Å². The van der Waals surface area contributed by atoms with Crippen LogP contribution in [-0.4, -0.2) is 63.2 Å². The van der Waals surface area contributed by atoms with Gasteiger partial charge in [-0.05, 0) is 36.6 Å². The second kappa shape index (κ2) is 8.83. The highest BCUT2D eigenvalue weighted by molar-refractivity contribution is 6.08. The summed E-state index contributed by atoms with van der Waals surface area (Å²) >= 11 is 0. The van der Waals surface area contributed by atoms with Crippen LogP contribution < -0.4 is 0 Å². The van der Waals surface area contributed by atoms with Gasteiger partial charge in [0, 0.05) is 18.1 Å². The topological polar surface area (TPSA) is 98.8 Å². The number of H-pyrrole nitrogens is 1. The number of aliphatic hydroxyl groups excluding tert-OH is 1. The van der Waals surface area contributed by atoms with Crippen molar-refractivity contribution in [1.29, 1.82) is 0 Å². The number of hydrogen-bond acceptors (Lipinski definition) is 5. The van der Waals surface area contributed by atoms with Gasteiger partial charge in [0.2, 0.25) is 0 Å². The third kappa shape index (κ3) is 4.14. The van der Waals surface area contributed by atoms with Gasteiger partial charge in [-0.3, -0.25) is 14.4 Å². The molecule has 0 unspecified atom stereocenters. The van der Waals surface area contributed by atoms with E-state index in [0.717, 1.165) is 17.9 Å². The molecule has 1 aliphatic rings. The highest BCUT2D eigenvalue weighted by atomic mass is 19.1. The van der Waals surface area contributed by atoms with Crippen LogP contribution in [-0.2, 0) is 11.4 Å². The van der Waals surface area contributed by atoms with Gasteiger partial charge in [-0.2, -0.15) is 0 Å². The van der Waals surface area contributed by atoms with Crippen molar-refractivity contribution in [2.24, 2.45) is 0 Å². The summed E-state index contributed by atoms with van der Waals surface area (Å²) in [4.78, 5) is 40.1. The SMILES string of the molecule is CON(Cc1ccc(F)cc1)C(=O)c1cc2c(C(=O)N3CCC[C@H]3CO)c[nH]c2cn1. The Kier molecular flexibility index (Phi) is 5.97. The molecule has 2 aromatic heterocycles. The number of pyridine rings is 1. The molecule has 0 radical (unpaired) electrons. The zero-order valence-electron chi connectivity index (χ0n) is 17.0. The van der Waals surface area contributed by atoms with E-state index < -0.39 is 5.91 Å². The molecule has 3 heterocycles. The zero-order chi connectivity index (χ0) is 22.0. The average Bonchev–Trinajstić information content (AvgIpc) is 3.44. The van der Waals surface area contributed by atoms with Gasteiger partial charge >= 0.3 is 0 Å². The van der Waals surface area contributed by atoms with E-state index in [0.29, 0.717) is 28.6 Å². The number of benzene rings is 1. The highest BCUT2D eigenvalue weighted by Crippen LogP contribution is 2.25. The third-order valence-electron chi connectivity index (χ3n) is 5.55. The molecule has 8 nitrogen and oxygen atoms in total. The van der Waals surface area contributed by atoms with E-state index >= 15 is 0 Å². The lowest BCUT2D eigenvalue weighted by atomic mass is 10.1. The van der Waals surface area contributed by atoms with Gasteiger partial charge < -0.3 is 15.0 Å². The Morgan fingerprint density at radius 3 is 2.84 bits per heavy atom. The number of aliphatic hydroxyl groups is 1. The van der Waals surface area contributed by atoms with Crippen molar-refractivity contribution in [2.45, 2.75) is 25.4 Å². The predicted molar refractivity (Wildman–Crippen MR) is 111 cm³/mol. The minimum absolute atomic E-state index is 0.0778. The highest BCUT2D eigenvalue weighted by Gasteiger charge is 2.30. The molecule has 1 atom stereocenters. The summed E-state index contributed by atoms with van der Waals surface area (Å²) in [6, 6.07) is 7.13. The molecule has 0 saturated carbocycles. The summed E-state index contributed by atoms with van der Waals surface area (Å²) in [6.45, 7) is 0.620. The molecule has 9 heteroatoms. The quantitative estimate of drug-likeness (QED) is 0.590. The van der Waals surface area contributed by atoms with Gasteiger partial charge in [0.25, 0.3) is 11.8 Å². The van der Waals surface area contributed by atoms with Crippen LogP contribution >= 0.6 is 0 Å². The fraction of sp³-hybridized carbons (Fsp3) is 0.318. The summed E-state index contributed by atoms with van der Waals surface area (Å²) < 4.78 is 13.1. The Labute approximate surface area is 178 Å². The maximum absolute atomic E-state index is 13.1. The first kappa shape index (κ1) is 21.0. The molecule has 2 N–H and O–H groups in total. The maximum Gasteiger partial charge on any atom is 0.296 e. The van der Waals surface area contributed by atoms with Crippen molar-refractivity contribution in [2.75, 3.05) is 20.3 Å². The summed E-state index contributed by atoms with van der Waals surface area (Å²) in [5.41, 5.74) is 1.86. The number of aromatic nitrogens is 2. The molecule has 1 aliphatic heterocycles. The number of hydrogen-bond donors (Lipinski definition) is 2. The van der Waals surface area contributed by atoms with E-state index in [-0.39, 0.29) is 36.6 Å². The number of rotatable bonds is 6. The lowest BCUT2D eigenvalue weighted by Gasteiger charge is -2.22. The Morgan fingerprint density at radius 2 is 2.13 bits per heavy atom. The first-order chi connectivity index (χ1) is 15.0. The number of carbonyl (C=O) groups is 2. The van der Waals surface area contributed by atoms with Gasteiger partial charge in [0.1, 0.15) is 11.5 Å². The third-order valence-corrected chi connectivity index (χ3v) is 5.55. The number of amides is 2. The Morgan fingerprint density at radius 1 is 1.35 bits per heavy atom. The van der Waals surface area contributed by atoms with Gasteiger partial charge in [0.15, 0.2) is 0 Å². The molecule has 2 amide bonds. The fourth-order valence-corrected chi connectivity index (χ4v) is 3.87. The Balaban J connectivity index is 1.60. The Hall–Kier alpha value is -3.30. The van der Waals surface area contributed by atoms with Crippen molar-refractivity contribution in [3.8, 4) is 0 Å². The molecule has 1 fully saturated rings. The molecule has 1 aromatic carbocycles. The van der Waals surface area contributed by atoms with Crippen molar-refractivity contribution in [1.82, 2.24) is 19.9 Å². The average molecular weight is 426 g/mol. The molecular formula is C22H23FN4O4. The second-order valence-corrected chi connectivity index (χ2v) is 7.45. The summed E-state index contributed by atoms with van der Waals surface area (Å²) in [6.07, 6.45) is 4.71. The first-order valence-electron chi connectivity index (χ1n) is 10.0. The smallest absolute Gasteiger partial charge is 0.296 e. The summed E-state index contributed by atoms with van der Waals surface area (Å²) in [7, 11) is 1.37. The number of aromatic amines is 1. The van der Waals surface area contributed by atoms with Crippen LogP contribution in [0.3, 0.4) is 0 Å². The molecule has 3 aromatic rings. The number of likely N-dealkylation sites (tertiary alicyclic amines) is 1. The zero-order valence-corrected chi connectivity index (χ0v) is 17.0. The van der Waals surface area contributed by atoms with Crippen LogP contribution in [0, 0.1) is 5.82 Å². The summed E-state index contributed by atoms with van der Waals surface area (Å²) in [5, 5.41) is 11.2. The van der Waals surface area contributed by atoms with E-state index in [4.69, 9.17) is 4.84 Å². The largest absolute Gasteiger partial charge is 0.394 e. The number of fused-ring (bicyclic) bond motifs is 1. The normalized spacial score (nSPS) is 16.1. The van der Waals surface area contributed by atoms with Crippen LogP contribution in [0.5, 0.6) is 0 Å². The van der Waals surface area contributed by atoms with Gasteiger partial charge in [0.05, 0.1) is 43.6 Å². The van der Waals surface area contributed by atoms with Crippen LogP contribution in [0.4, 0.5) is 4.39 Å². The van der Waals surface area contributed by atoms with Crippen molar-refractivity contribution in [3.63, 3.8) is 0 Å². The lowest BCUT2D eigenvalue weighted by molar-refractivity contribution is -0.102. The number of hydroxylamine groups is 2. The molecule has 0 bridgehead atoms. The van der Waals surface area contributed by atoms with E-state index in [2.05, 4.69) is 9.97 Å². The van der Waals surface area contributed by atoms with Crippen LogP contribution in [0.1, 0.15) is 39.3 Å². The molecule has 0 spiro atoms. The van der Waals surface area contributed by atoms with Crippen molar-refractivity contribution in [3.05, 3.63) is 65.4 Å². The predicted octanol–water partition coefficient (Wildman–Crippen LogP) is 2.50. The van der Waals surface area contributed by atoms with E-state index in [1.807, 2.05) is 0 Å². The number of nitrogens with one attached hydrogen (secondary N) is 1.